The van der Waals surface area contributed by atoms with Crippen molar-refractivity contribution in [2.24, 2.45) is 0 Å². The molecule has 1 aliphatic rings. The summed E-state index contributed by atoms with van der Waals surface area (Å²) in [6, 6.07) is 14.6. The Kier molecular flexibility index (Phi) is 4.52. The number of nitrogens with zero attached hydrogens (tertiary/aromatic N) is 2. The van der Waals surface area contributed by atoms with Crippen LogP contribution in [-0.4, -0.2) is 22.9 Å². The third kappa shape index (κ3) is 3.95. The van der Waals surface area contributed by atoms with Crippen LogP contribution in [0, 0.1) is 5.82 Å². The summed E-state index contributed by atoms with van der Waals surface area (Å²) in [5.74, 6) is 1.16. The van der Waals surface area contributed by atoms with E-state index in [1.165, 1.54) is 12.1 Å². The number of carbonyl (C=O) groups excluding carboxylic acids is 1. The van der Waals surface area contributed by atoms with E-state index in [0.29, 0.717) is 17.3 Å². The van der Waals surface area contributed by atoms with Gasteiger partial charge in [-0.1, -0.05) is 12.1 Å². The molecule has 0 bridgehead atoms. The zero-order valence-electron chi connectivity index (χ0n) is 14.1. The number of fused-ring (bicyclic) bond motifs is 1. The number of hydrogen-bond donors (Lipinski definition) is 2. The second kappa shape index (κ2) is 7.28. The van der Waals surface area contributed by atoms with Gasteiger partial charge in [0.2, 0.25) is 6.79 Å². The van der Waals surface area contributed by atoms with Crippen LogP contribution in [-0.2, 0) is 6.54 Å². The van der Waals surface area contributed by atoms with Gasteiger partial charge in [-0.3, -0.25) is 4.79 Å². The number of halogens is 1. The molecule has 7 nitrogen and oxygen atoms in total. The number of amides is 1. The van der Waals surface area contributed by atoms with Crippen LogP contribution in [0.4, 0.5) is 15.9 Å². The first-order valence-corrected chi connectivity index (χ1v) is 8.20. The Hall–Kier alpha value is -3.68. The van der Waals surface area contributed by atoms with Crippen molar-refractivity contribution in [1.82, 2.24) is 15.5 Å². The van der Waals surface area contributed by atoms with Crippen molar-refractivity contribution < 1.29 is 18.7 Å². The molecule has 0 fully saturated rings. The minimum atomic E-state index is -0.360. The highest BCUT2D eigenvalue weighted by Crippen LogP contribution is 2.34. The van der Waals surface area contributed by atoms with Gasteiger partial charge in [-0.2, -0.15) is 0 Å². The number of hydrogen-bond acceptors (Lipinski definition) is 6. The van der Waals surface area contributed by atoms with Crippen molar-refractivity contribution >= 4 is 17.4 Å². The highest BCUT2D eigenvalue weighted by molar-refractivity contribution is 5.92. The van der Waals surface area contributed by atoms with Crippen molar-refractivity contribution in [3.63, 3.8) is 0 Å². The molecule has 136 valence electrons. The monoisotopic (exact) mass is 366 g/mol. The molecule has 2 aromatic carbocycles. The van der Waals surface area contributed by atoms with Crippen LogP contribution >= 0.6 is 0 Å². The molecular weight excluding hydrogens is 351 g/mol. The maximum absolute atomic E-state index is 12.9. The topological polar surface area (TPSA) is 85.4 Å². The number of ether oxygens (including phenoxy) is 2. The molecule has 2 N–H and O–H groups in total. The lowest BCUT2D eigenvalue weighted by Crippen LogP contribution is -2.24. The molecule has 1 aromatic heterocycles. The first-order chi connectivity index (χ1) is 13.2. The fraction of sp³-hybridized carbons (Fsp3) is 0.105. The number of benzene rings is 2. The van der Waals surface area contributed by atoms with Crippen LogP contribution in [0.2, 0.25) is 0 Å². The predicted molar refractivity (Wildman–Crippen MR) is 95.4 cm³/mol. The number of anilines is 2. The largest absolute Gasteiger partial charge is 0.454 e. The SMILES string of the molecule is O=C(NCc1ccc(F)cc1)c1ccc(Nc2ccc3c(c2)OCO3)nn1. The first-order valence-electron chi connectivity index (χ1n) is 8.20. The number of rotatable bonds is 5. The molecule has 2 heterocycles. The van der Waals surface area contributed by atoms with Gasteiger partial charge in [-0.25, -0.2) is 4.39 Å². The number of carbonyl (C=O) groups is 1. The average Bonchev–Trinajstić information content (AvgIpc) is 3.16. The van der Waals surface area contributed by atoms with E-state index >= 15 is 0 Å². The van der Waals surface area contributed by atoms with E-state index in [4.69, 9.17) is 9.47 Å². The van der Waals surface area contributed by atoms with Crippen LogP contribution in [0.15, 0.2) is 54.6 Å². The smallest absolute Gasteiger partial charge is 0.272 e. The summed E-state index contributed by atoms with van der Waals surface area (Å²) in [4.78, 5) is 12.1. The first kappa shape index (κ1) is 16.8. The Bertz CT molecular complexity index is 962. The maximum atomic E-state index is 12.9. The van der Waals surface area contributed by atoms with E-state index in [-0.39, 0.29) is 30.8 Å². The van der Waals surface area contributed by atoms with Crippen molar-refractivity contribution in [2.45, 2.75) is 6.54 Å². The molecular formula is C19H15FN4O3. The van der Waals surface area contributed by atoms with Crippen LogP contribution in [0.3, 0.4) is 0 Å². The predicted octanol–water partition coefficient (Wildman–Crippen LogP) is 3.02. The fourth-order valence-corrected chi connectivity index (χ4v) is 2.52. The Balaban J connectivity index is 1.36. The second-order valence-electron chi connectivity index (χ2n) is 5.81. The van der Waals surface area contributed by atoms with Gasteiger partial charge in [0, 0.05) is 18.3 Å². The highest BCUT2D eigenvalue weighted by Gasteiger charge is 2.14. The normalized spacial score (nSPS) is 11.9. The second-order valence-corrected chi connectivity index (χ2v) is 5.81. The Labute approximate surface area is 154 Å². The lowest BCUT2D eigenvalue weighted by molar-refractivity contribution is 0.0945. The molecule has 0 saturated heterocycles. The summed E-state index contributed by atoms with van der Waals surface area (Å²) < 4.78 is 23.5. The van der Waals surface area contributed by atoms with Gasteiger partial charge in [-0.15, -0.1) is 10.2 Å². The molecule has 0 spiro atoms. The van der Waals surface area contributed by atoms with E-state index in [0.717, 1.165) is 11.3 Å². The Morgan fingerprint density at radius 3 is 2.59 bits per heavy atom. The molecule has 8 heteroatoms. The van der Waals surface area contributed by atoms with E-state index in [9.17, 15) is 9.18 Å². The molecule has 3 aromatic rings. The zero-order chi connectivity index (χ0) is 18.6. The van der Waals surface area contributed by atoms with Crippen LogP contribution in [0.25, 0.3) is 0 Å². The van der Waals surface area contributed by atoms with Gasteiger partial charge in [0.25, 0.3) is 5.91 Å². The Morgan fingerprint density at radius 1 is 1.00 bits per heavy atom. The van der Waals surface area contributed by atoms with Crippen LogP contribution in [0.5, 0.6) is 11.5 Å². The van der Waals surface area contributed by atoms with Crippen LogP contribution < -0.4 is 20.1 Å². The lowest BCUT2D eigenvalue weighted by Gasteiger charge is -2.07. The zero-order valence-corrected chi connectivity index (χ0v) is 14.1. The van der Waals surface area contributed by atoms with Gasteiger partial charge >= 0.3 is 0 Å². The quantitative estimate of drug-likeness (QED) is 0.722. The number of nitrogens with one attached hydrogen (secondary N) is 2. The number of aromatic nitrogens is 2. The Morgan fingerprint density at radius 2 is 1.81 bits per heavy atom. The lowest BCUT2D eigenvalue weighted by atomic mass is 10.2. The van der Waals surface area contributed by atoms with Gasteiger partial charge in [0.05, 0.1) is 0 Å². The third-order valence-corrected chi connectivity index (χ3v) is 3.91. The third-order valence-electron chi connectivity index (χ3n) is 3.91. The van der Waals surface area contributed by atoms with E-state index < -0.39 is 0 Å². The fourth-order valence-electron chi connectivity index (χ4n) is 2.52. The molecule has 1 amide bonds. The minimum absolute atomic E-state index is 0.188. The van der Waals surface area contributed by atoms with Crippen molar-refractivity contribution in [3.8, 4) is 11.5 Å². The van der Waals surface area contributed by atoms with Crippen molar-refractivity contribution in [2.75, 3.05) is 12.1 Å². The van der Waals surface area contributed by atoms with Gasteiger partial charge in [0.1, 0.15) is 5.82 Å². The molecule has 0 radical (unpaired) electrons. The molecule has 0 unspecified atom stereocenters. The van der Waals surface area contributed by atoms with Crippen LogP contribution in [0.1, 0.15) is 16.1 Å². The minimum Gasteiger partial charge on any atom is -0.454 e. The molecule has 1 aliphatic heterocycles. The van der Waals surface area contributed by atoms with Crippen molar-refractivity contribution in [1.29, 1.82) is 0 Å². The summed E-state index contributed by atoms with van der Waals surface area (Å²) in [5, 5.41) is 13.7. The molecule has 27 heavy (non-hydrogen) atoms. The van der Waals surface area contributed by atoms with E-state index in [2.05, 4.69) is 20.8 Å². The summed E-state index contributed by atoms with van der Waals surface area (Å²) in [6.45, 7) is 0.484. The van der Waals surface area contributed by atoms with E-state index in [1.54, 1.807) is 36.4 Å². The van der Waals surface area contributed by atoms with Gasteiger partial charge in [0.15, 0.2) is 23.0 Å². The summed E-state index contributed by atoms with van der Waals surface area (Å²) in [6.07, 6.45) is 0. The van der Waals surface area contributed by atoms with E-state index in [1.807, 2.05) is 6.07 Å². The van der Waals surface area contributed by atoms with Gasteiger partial charge < -0.3 is 20.1 Å². The molecule has 0 aliphatic carbocycles. The van der Waals surface area contributed by atoms with Crippen molar-refractivity contribution in [3.05, 3.63) is 71.7 Å². The summed E-state index contributed by atoms with van der Waals surface area (Å²) in [5.41, 5.74) is 1.74. The standard InChI is InChI=1S/C19H15FN4O3/c20-13-3-1-12(2-4-13)10-21-19(25)15-6-8-18(24-23-15)22-14-5-7-16-17(9-14)27-11-26-16/h1-9H,10-11H2,(H,21,25)(H,22,24). The molecule has 0 saturated carbocycles. The average molecular weight is 366 g/mol. The maximum Gasteiger partial charge on any atom is 0.272 e. The van der Waals surface area contributed by atoms with Gasteiger partial charge in [-0.05, 0) is 42.0 Å². The summed E-state index contributed by atoms with van der Waals surface area (Å²) >= 11 is 0. The molecule has 4 rings (SSSR count). The molecule has 0 atom stereocenters. The highest BCUT2D eigenvalue weighted by atomic mass is 19.1. The summed E-state index contributed by atoms with van der Waals surface area (Å²) in [7, 11) is 0.